The first-order chi connectivity index (χ1) is 11.4. The van der Waals surface area contributed by atoms with E-state index in [0.717, 1.165) is 19.4 Å². The molecule has 0 heterocycles. The van der Waals surface area contributed by atoms with Crippen LogP contribution in [-0.2, 0) is 19.2 Å². The molecule has 0 rings (SSSR count). The maximum Gasteiger partial charge on any atom is 0.240 e. The number of nitrogens with two attached hydrogens (primary N) is 1. The molecule has 0 aliphatic carbocycles. The van der Waals surface area contributed by atoms with Crippen LogP contribution >= 0.6 is 0 Å². The predicted molar refractivity (Wildman–Crippen MR) is 88.8 cm³/mol. The second-order valence-corrected chi connectivity index (χ2v) is 5.21. The minimum Gasteiger partial charge on any atom is -0.368 e. The van der Waals surface area contributed by atoms with Crippen molar-refractivity contribution in [2.24, 2.45) is 5.73 Å². The number of amides is 4. The van der Waals surface area contributed by atoms with Gasteiger partial charge in [0.1, 0.15) is 6.04 Å². The van der Waals surface area contributed by atoms with E-state index in [2.05, 4.69) is 26.6 Å². The lowest BCUT2D eigenvalue weighted by Gasteiger charge is -2.15. The smallest absolute Gasteiger partial charge is 0.240 e. The van der Waals surface area contributed by atoms with E-state index in [9.17, 15) is 19.2 Å². The molecule has 0 bridgehead atoms. The highest BCUT2D eigenvalue weighted by atomic mass is 16.2. The average Bonchev–Trinajstić information content (AvgIpc) is 2.53. The topological polar surface area (TPSA) is 154 Å². The highest BCUT2D eigenvalue weighted by Crippen LogP contribution is 2.00. The van der Waals surface area contributed by atoms with Crippen LogP contribution in [0.3, 0.4) is 0 Å². The third-order valence-corrected chi connectivity index (χ3v) is 3.08. The van der Waals surface area contributed by atoms with Crippen LogP contribution in [0, 0.1) is 0 Å². The van der Waals surface area contributed by atoms with Crippen molar-refractivity contribution in [3.63, 3.8) is 0 Å². The number of carbonyl (C=O) groups is 4. The van der Waals surface area contributed by atoms with Crippen molar-refractivity contribution in [2.45, 2.75) is 25.3 Å². The molecule has 7 N–H and O–H groups in total. The average molecular weight is 344 g/mol. The van der Waals surface area contributed by atoms with Gasteiger partial charge in [-0.25, -0.2) is 0 Å². The second-order valence-electron chi connectivity index (χ2n) is 5.21. The Hall–Kier alpha value is -2.20. The van der Waals surface area contributed by atoms with Crippen LogP contribution in [0.1, 0.15) is 19.3 Å². The van der Waals surface area contributed by atoms with E-state index in [-0.39, 0.29) is 25.5 Å². The van der Waals surface area contributed by atoms with Gasteiger partial charge in [-0.1, -0.05) is 0 Å². The number of rotatable bonds is 13. The Labute approximate surface area is 141 Å². The van der Waals surface area contributed by atoms with E-state index in [4.69, 9.17) is 5.73 Å². The molecule has 138 valence electrons. The zero-order chi connectivity index (χ0) is 18.4. The van der Waals surface area contributed by atoms with Crippen molar-refractivity contribution in [2.75, 3.05) is 40.3 Å². The van der Waals surface area contributed by atoms with Crippen LogP contribution in [-0.4, -0.2) is 69.9 Å². The van der Waals surface area contributed by atoms with Crippen molar-refractivity contribution in [3.05, 3.63) is 0 Å². The Morgan fingerprint density at radius 2 is 1.42 bits per heavy atom. The van der Waals surface area contributed by atoms with Crippen LogP contribution in [0.5, 0.6) is 0 Å². The molecule has 1 atom stereocenters. The first-order valence-corrected chi connectivity index (χ1v) is 7.82. The van der Waals surface area contributed by atoms with Crippen LogP contribution in [0.25, 0.3) is 0 Å². The highest BCUT2D eigenvalue weighted by molar-refractivity contribution is 5.90. The molecule has 0 saturated heterocycles. The Morgan fingerprint density at radius 3 is 1.96 bits per heavy atom. The van der Waals surface area contributed by atoms with Gasteiger partial charge in [0.05, 0.1) is 19.6 Å². The summed E-state index contributed by atoms with van der Waals surface area (Å²) in [7, 11) is 3.44. The van der Waals surface area contributed by atoms with Gasteiger partial charge in [0.15, 0.2) is 0 Å². The van der Waals surface area contributed by atoms with E-state index >= 15 is 0 Å². The highest BCUT2D eigenvalue weighted by Gasteiger charge is 2.17. The van der Waals surface area contributed by atoms with Gasteiger partial charge in [-0.3, -0.25) is 19.2 Å². The molecular formula is C14H28N6O4. The Bertz CT molecular complexity index is 429. The predicted octanol–water partition coefficient (Wildman–Crippen LogP) is -3.20. The van der Waals surface area contributed by atoms with Gasteiger partial charge < -0.3 is 32.3 Å². The SMILES string of the molecule is CNCCCC[C@H](NC(=O)CNC(=O)CNC(=O)CNC)C(N)=O. The van der Waals surface area contributed by atoms with Gasteiger partial charge in [0.25, 0.3) is 0 Å². The first kappa shape index (κ1) is 21.8. The van der Waals surface area contributed by atoms with Crippen LogP contribution in [0.4, 0.5) is 0 Å². The lowest BCUT2D eigenvalue weighted by atomic mass is 10.1. The summed E-state index contributed by atoms with van der Waals surface area (Å²) in [5, 5.41) is 12.9. The lowest BCUT2D eigenvalue weighted by molar-refractivity contribution is -0.129. The molecule has 0 fully saturated rings. The molecule has 0 aromatic rings. The number of primary amides is 1. The molecule has 0 aliphatic rings. The Balaban J connectivity index is 4.04. The van der Waals surface area contributed by atoms with E-state index in [1.807, 2.05) is 7.05 Å². The number of likely N-dealkylation sites (N-methyl/N-ethyl adjacent to an activating group) is 1. The lowest BCUT2D eigenvalue weighted by Crippen LogP contribution is -2.49. The molecule has 0 unspecified atom stereocenters. The molecule has 10 heteroatoms. The molecule has 0 spiro atoms. The maximum absolute atomic E-state index is 11.7. The number of carbonyl (C=O) groups excluding carboxylic acids is 4. The molecule has 24 heavy (non-hydrogen) atoms. The molecular weight excluding hydrogens is 316 g/mol. The summed E-state index contributed by atoms with van der Waals surface area (Å²) >= 11 is 0. The summed E-state index contributed by atoms with van der Waals surface area (Å²) < 4.78 is 0. The molecule has 0 aromatic heterocycles. The van der Waals surface area contributed by atoms with E-state index in [0.29, 0.717) is 6.42 Å². The monoisotopic (exact) mass is 344 g/mol. The fourth-order valence-corrected chi connectivity index (χ4v) is 1.82. The summed E-state index contributed by atoms with van der Waals surface area (Å²) in [6.07, 6.45) is 2.04. The van der Waals surface area contributed by atoms with Crippen molar-refractivity contribution >= 4 is 23.6 Å². The molecule has 0 aromatic carbocycles. The molecule has 10 nitrogen and oxygen atoms in total. The molecule has 4 amide bonds. The van der Waals surface area contributed by atoms with E-state index in [1.165, 1.54) is 0 Å². The quantitative estimate of drug-likeness (QED) is 0.193. The third kappa shape index (κ3) is 11.4. The maximum atomic E-state index is 11.7. The number of unbranched alkanes of at least 4 members (excludes halogenated alkanes) is 1. The second kappa shape index (κ2) is 13.3. The summed E-state index contributed by atoms with van der Waals surface area (Å²) in [4.78, 5) is 45.7. The molecule has 0 saturated carbocycles. The summed E-state index contributed by atoms with van der Waals surface area (Å²) in [5.41, 5.74) is 5.26. The van der Waals surface area contributed by atoms with Crippen molar-refractivity contribution < 1.29 is 19.2 Å². The summed E-state index contributed by atoms with van der Waals surface area (Å²) in [5.74, 6) is -1.95. The van der Waals surface area contributed by atoms with Crippen molar-refractivity contribution in [1.29, 1.82) is 0 Å². The van der Waals surface area contributed by atoms with Gasteiger partial charge in [0, 0.05) is 0 Å². The van der Waals surface area contributed by atoms with Gasteiger partial charge in [-0.05, 0) is 39.9 Å². The van der Waals surface area contributed by atoms with Gasteiger partial charge in [-0.15, -0.1) is 0 Å². The minimum absolute atomic E-state index is 0.0988. The number of nitrogens with one attached hydrogen (secondary N) is 5. The van der Waals surface area contributed by atoms with Gasteiger partial charge >= 0.3 is 0 Å². The normalized spacial score (nSPS) is 11.4. The number of hydrogen-bond donors (Lipinski definition) is 6. The van der Waals surface area contributed by atoms with Crippen LogP contribution in [0.15, 0.2) is 0 Å². The summed E-state index contributed by atoms with van der Waals surface area (Å²) in [6.45, 7) is 0.397. The standard InChI is InChI=1S/C14H28N6O4/c1-16-6-4-3-5-10(14(15)24)20-13(23)9-19-12(22)8-18-11(21)7-17-2/h10,16-17H,3-9H2,1-2H3,(H2,15,24)(H,18,21)(H,19,22)(H,20,23)/t10-/m0/s1. The fraction of sp³-hybridized carbons (Fsp3) is 0.714. The zero-order valence-electron chi connectivity index (χ0n) is 14.2. The zero-order valence-corrected chi connectivity index (χ0v) is 14.2. The summed E-state index contributed by atoms with van der Waals surface area (Å²) in [6, 6.07) is -0.762. The van der Waals surface area contributed by atoms with E-state index in [1.54, 1.807) is 7.05 Å². The van der Waals surface area contributed by atoms with Crippen LogP contribution in [0.2, 0.25) is 0 Å². The minimum atomic E-state index is -0.762. The Morgan fingerprint density at radius 1 is 0.833 bits per heavy atom. The first-order valence-electron chi connectivity index (χ1n) is 7.82. The third-order valence-electron chi connectivity index (χ3n) is 3.08. The number of hydrogen-bond acceptors (Lipinski definition) is 6. The molecule has 0 radical (unpaired) electrons. The van der Waals surface area contributed by atoms with Gasteiger partial charge in [0.2, 0.25) is 23.6 Å². The molecule has 0 aliphatic heterocycles. The van der Waals surface area contributed by atoms with E-state index < -0.39 is 23.8 Å². The van der Waals surface area contributed by atoms with Gasteiger partial charge in [-0.2, -0.15) is 0 Å². The van der Waals surface area contributed by atoms with Crippen molar-refractivity contribution in [3.8, 4) is 0 Å². The van der Waals surface area contributed by atoms with Crippen molar-refractivity contribution in [1.82, 2.24) is 26.6 Å². The Kier molecular flexibility index (Phi) is 12.0. The largest absolute Gasteiger partial charge is 0.368 e. The fourth-order valence-electron chi connectivity index (χ4n) is 1.82. The van der Waals surface area contributed by atoms with Crippen LogP contribution < -0.4 is 32.3 Å².